The van der Waals surface area contributed by atoms with E-state index in [1.807, 2.05) is 7.05 Å². The average Bonchev–Trinajstić information content (AvgIpc) is 2.86. The van der Waals surface area contributed by atoms with Crippen molar-refractivity contribution in [1.29, 1.82) is 0 Å². The lowest BCUT2D eigenvalue weighted by Gasteiger charge is -2.13. The standard InChI is InChI=1S/C15H22N6/c1-11-5-6-13(12(2)7-11)8-17-15(16-3)18-9-14-19-10-20-21(14)4/h5-7,10H,8-9H2,1-4H3,(H2,16,17,18). The first-order chi connectivity index (χ1) is 10.1. The Balaban J connectivity index is 1.89. The van der Waals surface area contributed by atoms with Crippen molar-refractivity contribution < 1.29 is 0 Å². The third-order valence-electron chi connectivity index (χ3n) is 3.39. The molecular formula is C15H22N6. The molecule has 1 aromatic heterocycles. The molecule has 0 spiro atoms. The second kappa shape index (κ2) is 6.88. The van der Waals surface area contributed by atoms with Crippen molar-refractivity contribution in [2.45, 2.75) is 26.9 Å². The van der Waals surface area contributed by atoms with E-state index in [-0.39, 0.29) is 0 Å². The number of nitrogens with one attached hydrogen (secondary N) is 2. The smallest absolute Gasteiger partial charge is 0.191 e. The molecule has 0 saturated heterocycles. The van der Waals surface area contributed by atoms with Crippen molar-refractivity contribution in [2.24, 2.45) is 12.0 Å². The summed E-state index contributed by atoms with van der Waals surface area (Å²) in [5, 5.41) is 10.6. The van der Waals surface area contributed by atoms with Crippen molar-refractivity contribution in [3.05, 3.63) is 47.0 Å². The third-order valence-corrected chi connectivity index (χ3v) is 3.39. The number of aryl methyl sites for hydroxylation is 3. The van der Waals surface area contributed by atoms with Crippen molar-refractivity contribution in [3.63, 3.8) is 0 Å². The summed E-state index contributed by atoms with van der Waals surface area (Å²) in [6, 6.07) is 6.46. The SMILES string of the molecule is CN=C(NCc1ccc(C)cc1C)NCc1ncnn1C. The van der Waals surface area contributed by atoms with Gasteiger partial charge >= 0.3 is 0 Å². The zero-order valence-corrected chi connectivity index (χ0v) is 13.0. The molecule has 0 fully saturated rings. The van der Waals surface area contributed by atoms with E-state index in [0.29, 0.717) is 6.54 Å². The second-order valence-corrected chi connectivity index (χ2v) is 5.01. The third kappa shape index (κ3) is 4.05. The molecule has 6 heteroatoms. The summed E-state index contributed by atoms with van der Waals surface area (Å²) in [7, 11) is 3.63. The van der Waals surface area contributed by atoms with Gasteiger partial charge < -0.3 is 10.6 Å². The first-order valence-electron chi connectivity index (χ1n) is 6.93. The Kier molecular flexibility index (Phi) is 4.92. The van der Waals surface area contributed by atoms with Crippen molar-refractivity contribution >= 4 is 5.96 Å². The van der Waals surface area contributed by atoms with Crippen LogP contribution in [0.5, 0.6) is 0 Å². The van der Waals surface area contributed by atoms with Crippen LogP contribution in [0.1, 0.15) is 22.5 Å². The predicted molar refractivity (Wildman–Crippen MR) is 84.0 cm³/mol. The van der Waals surface area contributed by atoms with E-state index in [2.05, 4.69) is 57.8 Å². The average molecular weight is 286 g/mol. The highest BCUT2D eigenvalue weighted by Crippen LogP contribution is 2.09. The second-order valence-electron chi connectivity index (χ2n) is 5.01. The molecule has 0 bridgehead atoms. The summed E-state index contributed by atoms with van der Waals surface area (Å²) < 4.78 is 1.74. The van der Waals surface area contributed by atoms with Gasteiger partial charge in [-0.05, 0) is 25.0 Å². The number of hydrogen-bond acceptors (Lipinski definition) is 3. The van der Waals surface area contributed by atoms with Crippen LogP contribution >= 0.6 is 0 Å². The normalized spacial score (nSPS) is 11.5. The summed E-state index contributed by atoms with van der Waals surface area (Å²) in [5.74, 6) is 1.61. The van der Waals surface area contributed by atoms with E-state index in [1.54, 1.807) is 18.1 Å². The van der Waals surface area contributed by atoms with Crippen LogP contribution in [-0.2, 0) is 20.1 Å². The summed E-state index contributed by atoms with van der Waals surface area (Å²) in [4.78, 5) is 8.39. The summed E-state index contributed by atoms with van der Waals surface area (Å²) in [6.07, 6.45) is 1.54. The number of nitrogens with zero attached hydrogens (tertiary/aromatic N) is 4. The minimum Gasteiger partial charge on any atom is -0.352 e. The topological polar surface area (TPSA) is 67.1 Å². The fourth-order valence-electron chi connectivity index (χ4n) is 2.09. The molecule has 0 radical (unpaired) electrons. The molecule has 0 aliphatic heterocycles. The van der Waals surface area contributed by atoms with Crippen LogP contribution in [0.4, 0.5) is 0 Å². The predicted octanol–water partition coefficient (Wildman–Crippen LogP) is 1.30. The van der Waals surface area contributed by atoms with Gasteiger partial charge in [0, 0.05) is 20.6 Å². The van der Waals surface area contributed by atoms with Crippen LogP contribution in [0.3, 0.4) is 0 Å². The highest BCUT2D eigenvalue weighted by atomic mass is 15.3. The lowest BCUT2D eigenvalue weighted by molar-refractivity contribution is 0.672. The molecule has 2 rings (SSSR count). The molecule has 0 aliphatic carbocycles. The van der Waals surface area contributed by atoms with Gasteiger partial charge in [0.05, 0.1) is 6.54 Å². The maximum absolute atomic E-state index is 4.22. The Morgan fingerprint density at radius 1 is 1.24 bits per heavy atom. The van der Waals surface area contributed by atoms with Gasteiger partial charge in [-0.1, -0.05) is 23.8 Å². The fourth-order valence-corrected chi connectivity index (χ4v) is 2.09. The molecule has 0 aliphatic rings. The van der Waals surface area contributed by atoms with Crippen molar-refractivity contribution in [3.8, 4) is 0 Å². The van der Waals surface area contributed by atoms with E-state index in [9.17, 15) is 0 Å². The number of benzene rings is 1. The summed E-state index contributed by atoms with van der Waals surface area (Å²) in [6.45, 7) is 5.55. The zero-order valence-electron chi connectivity index (χ0n) is 13.0. The molecule has 6 nitrogen and oxygen atoms in total. The lowest BCUT2D eigenvalue weighted by Crippen LogP contribution is -2.37. The highest BCUT2D eigenvalue weighted by Gasteiger charge is 2.04. The van der Waals surface area contributed by atoms with Crippen molar-refractivity contribution in [1.82, 2.24) is 25.4 Å². The van der Waals surface area contributed by atoms with Gasteiger partial charge in [0.2, 0.25) is 0 Å². The quantitative estimate of drug-likeness (QED) is 0.656. The maximum Gasteiger partial charge on any atom is 0.191 e. The minimum absolute atomic E-state index is 0.586. The molecule has 0 amide bonds. The van der Waals surface area contributed by atoms with E-state index in [1.165, 1.54) is 16.7 Å². The Morgan fingerprint density at radius 3 is 2.62 bits per heavy atom. The van der Waals surface area contributed by atoms with Gasteiger partial charge in [-0.15, -0.1) is 0 Å². The summed E-state index contributed by atoms with van der Waals surface area (Å²) in [5.41, 5.74) is 3.83. The maximum atomic E-state index is 4.22. The Bertz CT molecular complexity index is 629. The van der Waals surface area contributed by atoms with E-state index >= 15 is 0 Å². The van der Waals surface area contributed by atoms with Crippen molar-refractivity contribution in [2.75, 3.05) is 7.05 Å². The van der Waals surface area contributed by atoms with Crippen LogP contribution in [0.15, 0.2) is 29.5 Å². The molecule has 0 saturated carbocycles. The first-order valence-corrected chi connectivity index (χ1v) is 6.93. The molecule has 21 heavy (non-hydrogen) atoms. The highest BCUT2D eigenvalue weighted by molar-refractivity contribution is 5.79. The molecule has 1 aromatic carbocycles. The number of hydrogen-bond donors (Lipinski definition) is 2. The Hall–Kier alpha value is -2.37. The van der Waals surface area contributed by atoms with Gasteiger partial charge in [-0.2, -0.15) is 5.10 Å². The lowest BCUT2D eigenvalue weighted by atomic mass is 10.1. The van der Waals surface area contributed by atoms with E-state index in [4.69, 9.17) is 0 Å². The molecular weight excluding hydrogens is 264 g/mol. The van der Waals surface area contributed by atoms with Crippen LogP contribution < -0.4 is 10.6 Å². The number of aliphatic imine (C=N–C) groups is 1. The van der Waals surface area contributed by atoms with Gasteiger partial charge in [0.1, 0.15) is 12.2 Å². The monoisotopic (exact) mass is 286 g/mol. The Morgan fingerprint density at radius 2 is 2.00 bits per heavy atom. The molecule has 0 unspecified atom stereocenters. The first kappa shape index (κ1) is 15.0. The number of rotatable bonds is 4. The van der Waals surface area contributed by atoms with Gasteiger partial charge in [-0.3, -0.25) is 9.67 Å². The molecule has 0 atom stereocenters. The van der Waals surface area contributed by atoms with Crippen LogP contribution in [0.2, 0.25) is 0 Å². The van der Waals surface area contributed by atoms with Crippen LogP contribution in [0.25, 0.3) is 0 Å². The molecule has 112 valence electrons. The van der Waals surface area contributed by atoms with E-state index < -0.39 is 0 Å². The van der Waals surface area contributed by atoms with Crippen LogP contribution in [0, 0.1) is 13.8 Å². The fraction of sp³-hybridized carbons (Fsp3) is 0.400. The molecule has 2 aromatic rings. The number of aromatic nitrogens is 3. The van der Waals surface area contributed by atoms with Gasteiger partial charge in [0.25, 0.3) is 0 Å². The largest absolute Gasteiger partial charge is 0.352 e. The Labute approximate surface area is 125 Å². The zero-order chi connectivity index (χ0) is 15.2. The number of guanidine groups is 1. The van der Waals surface area contributed by atoms with Crippen LogP contribution in [-0.4, -0.2) is 27.8 Å². The minimum atomic E-state index is 0.586. The van der Waals surface area contributed by atoms with E-state index in [0.717, 1.165) is 18.3 Å². The summed E-state index contributed by atoms with van der Waals surface area (Å²) >= 11 is 0. The molecule has 1 heterocycles. The molecule has 2 N–H and O–H groups in total. The van der Waals surface area contributed by atoms with Gasteiger partial charge in [-0.25, -0.2) is 4.98 Å². The van der Waals surface area contributed by atoms with Gasteiger partial charge in [0.15, 0.2) is 5.96 Å².